The van der Waals surface area contributed by atoms with Gasteiger partial charge in [0.15, 0.2) is 5.69 Å². The number of hydrogen-bond acceptors (Lipinski definition) is 3. The van der Waals surface area contributed by atoms with E-state index in [1.807, 2.05) is 54.0 Å². The Morgan fingerprint density at radius 2 is 1.74 bits per heavy atom. The largest absolute Gasteiger partial charge is 0.464 e. The average Bonchev–Trinajstić information content (AvgIpc) is 2.93. The molecule has 4 nitrogen and oxygen atoms in total. The van der Waals surface area contributed by atoms with Gasteiger partial charge in [0.1, 0.15) is 5.82 Å². The maximum Gasteiger partial charge on any atom is 0.358 e. The molecule has 3 aromatic rings. The summed E-state index contributed by atoms with van der Waals surface area (Å²) in [6.45, 7) is 1.85. The molecule has 0 atom stereocenters. The van der Waals surface area contributed by atoms with Gasteiger partial charge in [0.2, 0.25) is 0 Å². The molecule has 0 aliphatic heterocycles. The lowest BCUT2D eigenvalue weighted by atomic mass is 10.2. The fraction of sp³-hybridized carbons (Fsp3) is 0.111. The highest BCUT2D eigenvalue weighted by Crippen LogP contribution is 2.27. The summed E-state index contributed by atoms with van der Waals surface area (Å²) in [7, 11) is 1.35. The molecule has 0 unspecified atom stereocenters. The summed E-state index contributed by atoms with van der Waals surface area (Å²) in [5.74, 6) is 0.221. The molecule has 0 aliphatic carbocycles. The molecule has 1 aromatic heterocycles. The Morgan fingerprint density at radius 3 is 2.35 bits per heavy atom. The summed E-state index contributed by atoms with van der Waals surface area (Å²) in [5, 5.41) is 0.650. The Labute approximate surface area is 139 Å². The van der Waals surface area contributed by atoms with Crippen LogP contribution in [0.15, 0.2) is 54.6 Å². The number of nitrogens with zero attached hydrogens (tertiary/aromatic N) is 2. The molecule has 0 aliphatic rings. The first-order valence-corrected chi connectivity index (χ1v) is 7.48. The maximum atomic E-state index is 12.0. The van der Waals surface area contributed by atoms with Crippen molar-refractivity contribution in [2.24, 2.45) is 0 Å². The zero-order chi connectivity index (χ0) is 16.4. The highest BCUT2D eigenvalue weighted by atomic mass is 35.5. The lowest BCUT2D eigenvalue weighted by Gasteiger charge is -2.10. The summed E-state index contributed by atoms with van der Waals surface area (Å²) >= 11 is 5.96. The number of imidazole rings is 1. The fourth-order valence-electron chi connectivity index (χ4n) is 2.48. The molecule has 0 bridgehead atoms. The van der Waals surface area contributed by atoms with Gasteiger partial charge in [0.25, 0.3) is 0 Å². The van der Waals surface area contributed by atoms with Crippen molar-refractivity contribution in [3.8, 4) is 17.1 Å². The van der Waals surface area contributed by atoms with Crippen molar-refractivity contribution in [2.75, 3.05) is 7.11 Å². The topological polar surface area (TPSA) is 44.1 Å². The van der Waals surface area contributed by atoms with Gasteiger partial charge in [0.05, 0.1) is 12.8 Å². The minimum Gasteiger partial charge on any atom is -0.464 e. The first-order valence-electron chi connectivity index (χ1n) is 7.11. The van der Waals surface area contributed by atoms with E-state index in [0.717, 1.165) is 16.9 Å². The van der Waals surface area contributed by atoms with Crippen molar-refractivity contribution < 1.29 is 9.53 Å². The van der Waals surface area contributed by atoms with Gasteiger partial charge in [-0.1, -0.05) is 29.8 Å². The Bertz CT molecular complexity index is 839. The van der Waals surface area contributed by atoms with Crippen molar-refractivity contribution in [1.29, 1.82) is 0 Å². The number of rotatable bonds is 3. The van der Waals surface area contributed by atoms with E-state index < -0.39 is 5.97 Å². The monoisotopic (exact) mass is 326 g/mol. The van der Waals surface area contributed by atoms with Gasteiger partial charge in [-0.25, -0.2) is 9.78 Å². The van der Waals surface area contributed by atoms with Crippen LogP contribution in [0.5, 0.6) is 0 Å². The highest BCUT2D eigenvalue weighted by molar-refractivity contribution is 6.30. The fourth-order valence-corrected chi connectivity index (χ4v) is 2.60. The zero-order valence-electron chi connectivity index (χ0n) is 12.8. The number of benzene rings is 2. The van der Waals surface area contributed by atoms with Crippen LogP contribution in [-0.4, -0.2) is 22.6 Å². The molecule has 5 heteroatoms. The predicted molar refractivity (Wildman–Crippen MR) is 90.1 cm³/mol. The third kappa shape index (κ3) is 2.85. The van der Waals surface area contributed by atoms with E-state index in [-0.39, 0.29) is 0 Å². The van der Waals surface area contributed by atoms with Crippen molar-refractivity contribution >= 4 is 17.6 Å². The summed E-state index contributed by atoms with van der Waals surface area (Å²) in [6, 6.07) is 17.1. The zero-order valence-corrected chi connectivity index (χ0v) is 13.5. The number of ether oxygens (including phenoxy) is 1. The summed E-state index contributed by atoms with van der Waals surface area (Å²) in [5.41, 5.74) is 2.84. The highest BCUT2D eigenvalue weighted by Gasteiger charge is 2.21. The number of methoxy groups -OCH3 is 1. The molecule has 2 aromatic carbocycles. The van der Waals surface area contributed by atoms with Crippen molar-refractivity contribution in [1.82, 2.24) is 9.55 Å². The quantitative estimate of drug-likeness (QED) is 0.674. The minimum absolute atomic E-state index is 0.307. The molecule has 0 radical (unpaired) electrons. The van der Waals surface area contributed by atoms with Crippen LogP contribution in [0.25, 0.3) is 17.1 Å². The van der Waals surface area contributed by atoms with E-state index >= 15 is 0 Å². The Balaban J connectivity index is 2.25. The lowest BCUT2D eigenvalue weighted by molar-refractivity contribution is 0.0593. The maximum absolute atomic E-state index is 12.0. The number of aromatic nitrogens is 2. The number of carbonyl (C=O) groups excluding carboxylic acids is 1. The van der Waals surface area contributed by atoms with Crippen molar-refractivity contribution in [3.05, 3.63) is 71.0 Å². The van der Waals surface area contributed by atoms with E-state index in [9.17, 15) is 4.79 Å². The van der Waals surface area contributed by atoms with E-state index in [0.29, 0.717) is 16.5 Å². The first kappa shape index (κ1) is 15.3. The van der Waals surface area contributed by atoms with Crippen molar-refractivity contribution in [2.45, 2.75) is 6.92 Å². The normalized spacial score (nSPS) is 10.6. The van der Waals surface area contributed by atoms with Gasteiger partial charge in [-0.05, 0) is 43.3 Å². The van der Waals surface area contributed by atoms with Gasteiger partial charge in [-0.3, -0.25) is 4.57 Å². The summed E-state index contributed by atoms with van der Waals surface area (Å²) in [4.78, 5) is 16.5. The number of para-hydroxylation sites is 1. The van der Waals surface area contributed by atoms with E-state index in [4.69, 9.17) is 16.3 Å². The standard InChI is InChI=1S/C18H15ClN2O2/c1-12-16(18(22)23-2)20-17(13-8-10-14(19)11-9-13)21(12)15-6-4-3-5-7-15/h3-11H,1-2H3. The minimum atomic E-state index is -0.451. The third-order valence-corrected chi connectivity index (χ3v) is 3.86. The smallest absolute Gasteiger partial charge is 0.358 e. The third-order valence-electron chi connectivity index (χ3n) is 3.60. The molecule has 0 amide bonds. The van der Waals surface area contributed by atoms with E-state index in [2.05, 4.69) is 4.98 Å². The Kier molecular flexibility index (Phi) is 4.17. The molecule has 1 heterocycles. The molecule has 0 spiro atoms. The second-order valence-electron chi connectivity index (χ2n) is 5.04. The number of hydrogen-bond donors (Lipinski definition) is 0. The second-order valence-corrected chi connectivity index (χ2v) is 5.48. The summed E-state index contributed by atoms with van der Waals surface area (Å²) in [6.07, 6.45) is 0. The first-order chi connectivity index (χ1) is 11.1. The number of esters is 1. The van der Waals surface area contributed by atoms with Crippen LogP contribution in [0.1, 0.15) is 16.2 Å². The Hall–Kier alpha value is -2.59. The molecule has 0 fully saturated rings. The van der Waals surface area contributed by atoms with Crippen molar-refractivity contribution in [3.63, 3.8) is 0 Å². The van der Waals surface area contributed by atoms with Gasteiger partial charge in [-0.15, -0.1) is 0 Å². The molecular weight excluding hydrogens is 312 g/mol. The van der Waals surface area contributed by atoms with Gasteiger partial charge in [0, 0.05) is 16.3 Å². The van der Waals surface area contributed by atoms with Crippen LogP contribution in [0.4, 0.5) is 0 Å². The molecule has 0 saturated heterocycles. The van der Waals surface area contributed by atoms with Gasteiger partial charge >= 0.3 is 5.97 Å². The number of carbonyl (C=O) groups is 1. The molecule has 116 valence electrons. The second kappa shape index (κ2) is 6.26. The molecule has 23 heavy (non-hydrogen) atoms. The SMILES string of the molecule is COC(=O)c1nc(-c2ccc(Cl)cc2)n(-c2ccccc2)c1C. The molecule has 3 rings (SSSR count). The summed E-state index contributed by atoms with van der Waals surface area (Å²) < 4.78 is 6.78. The van der Waals surface area contributed by atoms with Crippen LogP contribution < -0.4 is 0 Å². The number of halogens is 1. The van der Waals surface area contributed by atoms with Crippen LogP contribution in [0.2, 0.25) is 5.02 Å². The average molecular weight is 327 g/mol. The van der Waals surface area contributed by atoms with E-state index in [1.54, 1.807) is 12.1 Å². The van der Waals surface area contributed by atoms with Crippen LogP contribution in [0.3, 0.4) is 0 Å². The van der Waals surface area contributed by atoms with Crippen LogP contribution in [-0.2, 0) is 4.74 Å². The van der Waals surface area contributed by atoms with Gasteiger partial charge in [-0.2, -0.15) is 0 Å². The van der Waals surface area contributed by atoms with Crippen LogP contribution >= 0.6 is 11.6 Å². The molecule has 0 saturated carbocycles. The van der Waals surface area contributed by atoms with E-state index in [1.165, 1.54) is 7.11 Å². The predicted octanol–water partition coefficient (Wildman–Crippen LogP) is 4.29. The van der Waals surface area contributed by atoms with Gasteiger partial charge < -0.3 is 4.74 Å². The molecule has 0 N–H and O–H groups in total. The lowest BCUT2D eigenvalue weighted by Crippen LogP contribution is -2.05. The molecular formula is C18H15ClN2O2. The Morgan fingerprint density at radius 1 is 1.09 bits per heavy atom. The van der Waals surface area contributed by atoms with Crippen LogP contribution in [0, 0.1) is 6.92 Å².